The lowest BCUT2D eigenvalue weighted by Gasteiger charge is -2.14. The molecule has 0 unspecified atom stereocenters. The second-order valence-corrected chi connectivity index (χ2v) is 7.13. The number of hydrogen-bond donors (Lipinski definition) is 1. The first-order chi connectivity index (χ1) is 13.0. The van der Waals surface area contributed by atoms with Crippen molar-refractivity contribution in [3.8, 4) is 22.1 Å². The number of benzene rings is 1. The molecule has 0 radical (unpaired) electrons. The highest BCUT2D eigenvalue weighted by Crippen LogP contribution is 2.32. The summed E-state index contributed by atoms with van der Waals surface area (Å²) in [5, 5.41) is 3.37. The third-order valence-corrected chi connectivity index (χ3v) is 4.80. The summed E-state index contributed by atoms with van der Waals surface area (Å²) in [5.74, 6) is 0.859. The van der Waals surface area contributed by atoms with Crippen LogP contribution < -0.4 is 14.8 Å². The Kier molecular flexibility index (Phi) is 5.71. The molecule has 0 atom stereocenters. The standard InChI is InChI=1S/C20H21N3O3S/c1-12(2)26-16-9-8-14(11-17(16)25-4)19(24)23-20-22-13(3)18(27-20)15-7-5-6-10-21-15/h5-12H,1-4H3,(H,22,23,24). The van der Waals surface area contributed by atoms with E-state index in [0.29, 0.717) is 22.2 Å². The summed E-state index contributed by atoms with van der Waals surface area (Å²) in [5.41, 5.74) is 2.13. The fraction of sp³-hybridized carbons (Fsp3) is 0.250. The van der Waals surface area contributed by atoms with E-state index in [1.165, 1.54) is 11.3 Å². The zero-order valence-electron chi connectivity index (χ0n) is 15.6. The van der Waals surface area contributed by atoms with Gasteiger partial charge in [0.1, 0.15) is 0 Å². The minimum atomic E-state index is -0.259. The van der Waals surface area contributed by atoms with Crippen molar-refractivity contribution in [1.82, 2.24) is 9.97 Å². The van der Waals surface area contributed by atoms with Gasteiger partial charge in [0.2, 0.25) is 0 Å². The monoisotopic (exact) mass is 383 g/mol. The molecule has 0 fully saturated rings. The molecule has 140 valence electrons. The quantitative estimate of drug-likeness (QED) is 0.675. The van der Waals surface area contributed by atoms with E-state index in [9.17, 15) is 4.79 Å². The number of amides is 1. The van der Waals surface area contributed by atoms with Gasteiger partial charge < -0.3 is 9.47 Å². The SMILES string of the molecule is COc1cc(C(=O)Nc2nc(C)c(-c3ccccn3)s2)ccc1OC(C)C. The first-order valence-electron chi connectivity index (χ1n) is 8.53. The number of anilines is 1. The summed E-state index contributed by atoms with van der Waals surface area (Å²) < 4.78 is 11.0. The number of rotatable bonds is 6. The van der Waals surface area contributed by atoms with E-state index in [1.807, 2.05) is 39.0 Å². The Hall–Kier alpha value is -2.93. The number of methoxy groups -OCH3 is 1. The van der Waals surface area contributed by atoms with Crippen molar-refractivity contribution < 1.29 is 14.3 Å². The summed E-state index contributed by atoms with van der Waals surface area (Å²) in [6.45, 7) is 5.77. The molecule has 1 N–H and O–H groups in total. The third kappa shape index (κ3) is 4.43. The van der Waals surface area contributed by atoms with Crippen LogP contribution in [0.15, 0.2) is 42.6 Å². The van der Waals surface area contributed by atoms with Gasteiger partial charge in [0.05, 0.1) is 29.5 Å². The maximum absolute atomic E-state index is 12.6. The molecule has 0 aliphatic heterocycles. The summed E-state index contributed by atoms with van der Waals surface area (Å²) >= 11 is 1.40. The fourth-order valence-electron chi connectivity index (χ4n) is 2.51. The van der Waals surface area contributed by atoms with Gasteiger partial charge in [0.25, 0.3) is 5.91 Å². The van der Waals surface area contributed by atoms with Crippen LogP contribution in [-0.4, -0.2) is 29.1 Å². The van der Waals surface area contributed by atoms with Crippen LogP contribution >= 0.6 is 11.3 Å². The lowest BCUT2D eigenvalue weighted by molar-refractivity contribution is 0.102. The molecule has 2 aromatic heterocycles. The van der Waals surface area contributed by atoms with Gasteiger partial charge in [-0.15, -0.1) is 0 Å². The normalized spacial score (nSPS) is 10.7. The van der Waals surface area contributed by atoms with Crippen molar-refractivity contribution in [3.63, 3.8) is 0 Å². The molecule has 6 nitrogen and oxygen atoms in total. The van der Waals surface area contributed by atoms with Crippen molar-refractivity contribution in [3.05, 3.63) is 53.9 Å². The highest BCUT2D eigenvalue weighted by atomic mass is 32.1. The number of hydrogen-bond acceptors (Lipinski definition) is 6. The topological polar surface area (TPSA) is 73.3 Å². The van der Waals surface area contributed by atoms with Crippen molar-refractivity contribution in [1.29, 1.82) is 0 Å². The molecule has 0 saturated carbocycles. The van der Waals surface area contributed by atoms with Crippen molar-refractivity contribution in [2.24, 2.45) is 0 Å². The average Bonchev–Trinajstić information content (AvgIpc) is 3.02. The van der Waals surface area contributed by atoms with Gasteiger partial charge in [-0.3, -0.25) is 15.1 Å². The molecule has 0 saturated heterocycles. The fourth-order valence-corrected chi connectivity index (χ4v) is 3.45. The Labute approximate surface area is 162 Å². The second kappa shape index (κ2) is 8.18. The molecular weight excluding hydrogens is 362 g/mol. The molecule has 1 amide bonds. The van der Waals surface area contributed by atoms with Gasteiger partial charge in [-0.25, -0.2) is 4.98 Å². The molecule has 0 bridgehead atoms. The van der Waals surface area contributed by atoms with Gasteiger partial charge in [0.15, 0.2) is 16.6 Å². The molecule has 3 rings (SSSR count). The van der Waals surface area contributed by atoms with E-state index >= 15 is 0 Å². The molecule has 0 aliphatic carbocycles. The maximum Gasteiger partial charge on any atom is 0.257 e. The van der Waals surface area contributed by atoms with Crippen LogP contribution in [0.4, 0.5) is 5.13 Å². The minimum absolute atomic E-state index is 0.0156. The van der Waals surface area contributed by atoms with E-state index in [2.05, 4.69) is 15.3 Å². The average molecular weight is 383 g/mol. The Morgan fingerprint density at radius 1 is 1.19 bits per heavy atom. The minimum Gasteiger partial charge on any atom is -0.493 e. The number of nitrogens with one attached hydrogen (secondary N) is 1. The van der Waals surface area contributed by atoms with Crippen LogP contribution in [0.3, 0.4) is 0 Å². The predicted octanol–water partition coefficient (Wildman–Crippen LogP) is 4.56. The van der Waals surface area contributed by atoms with E-state index < -0.39 is 0 Å². The first-order valence-corrected chi connectivity index (χ1v) is 9.34. The molecular formula is C20H21N3O3S. The number of carbonyl (C=O) groups is 1. The van der Waals surface area contributed by atoms with Crippen molar-refractivity contribution in [2.75, 3.05) is 12.4 Å². The Morgan fingerprint density at radius 3 is 2.67 bits per heavy atom. The number of thiazole rings is 1. The molecule has 0 aliphatic rings. The summed E-state index contributed by atoms with van der Waals surface area (Å²) in [7, 11) is 1.55. The van der Waals surface area contributed by atoms with Crippen LogP contribution in [0.1, 0.15) is 29.9 Å². The van der Waals surface area contributed by atoms with Crippen LogP contribution in [0, 0.1) is 6.92 Å². The lowest BCUT2D eigenvalue weighted by atomic mass is 10.2. The van der Waals surface area contributed by atoms with Gasteiger partial charge >= 0.3 is 0 Å². The number of nitrogens with zero attached hydrogens (tertiary/aromatic N) is 2. The first kappa shape index (κ1) is 18.8. The van der Waals surface area contributed by atoms with Crippen molar-refractivity contribution in [2.45, 2.75) is 26.9 Å². The van der Waals surface area contributed by atoms with Gasteiger partial charge in [-0.2, -0.15) is 0 Å². The van der Waals surface area contributed by atoms with Gasteiger partial charge in [-0.05, 0) is 51.1 Å². The lowest BCUT2D eigenvalue weighted by Crippen LogP contribution is -2.12. The van der Waals surface area contributed by atoms with Crippen LogP contribution in [0.5, 0.6) is 11.5 Å². The zero-order chi connectivity index (χ0) is 19.4. The molecule has 2 heterocycles. The Bertz CT molecular complexity index is 939. The number of aryl methyl sites for hydroxylation is 1. The van der Waals surface area contributed by atoms with Crippen molar-refractivity contribution >= 4 is 22.4 Å². The second-order valence-electron chi connectivity index (χ2n) is 6.13. The van der Waals surface area contributed by atoms with Gasteiger partial charge in [0, 0.05) is 11.8 Å². The molecule has 3 aromatic rings. The molecule has 27 heavy (non-hydrogen) atoms. The van der Waals surface area contributed by atoms with Crippen LogP contribution in [-0.2, 0) is 0 Å². The summed E-state index contributed by atoms with van der Waals surface area (Å²) in [6.07, 6.45) is 1.75. The molecule has 7 heteroatoms. The van der Waals surface area contributed by atoms with Gasteiger partial charge in [-0.1, -0.05) is 17.4 Å². The maximum atomic E-state index is 12.6. The Balaban J connectivity index is 1.80. The zero-order valence-corrected chi connectivity index (χ0v) is 16.5. The number of carbonyl (C=O) groups excluding carboxylic acids is 1. The van der Waals surface area contributed by atoms with E-state index in [-0.39, 0.29) is 12.0 Å². The molecule has 1 aromatic carbocycles. The van der Waals surface area contributed by atoms with Crippen LogP contribution in [0.2, 0.25) is 0 Å². The summed E-state index contributed by atoms with van der Waals surface area (Å²) in [6, 6.07) is 10.8. The molecule has 0 spiro atoms. The van der Waals surface area contributed by atoms with E-state index in [1.54, 1.807) is 31.5 Å². The highest BCUT2D eigenvalue weighted by Gasteiger charge is 2.16. The predicted molar refractivity (Wildman–Crippen MR) is 107 cm³/mol. The number of pyridine rings is 1. The highest BCUT2D eigenvalue weighted by molar-refractivity contribution is 7.19. The van der Waals surface area contributed by atoms with Crippen LogP contribution in [0.25, 0.3) is 10.6 Å². The number of ether oxygens (including phenoxy) is 2. The van der Waals surface area contributed by atoms with E-state index in [0.717, 1.165) is 16.3 Å². The largest absolute Gasteiger partial charge is 0.493 e. The smallest absolute Gasteiger partial charge is 0.257 e. The van der Waals surface area contributed by atoms with E-state index in [4.69, 9.17) is 9.47 Å². The summed E-state index contributed by atoms with van der Waals surface area (Å²) in [4.78, 5) is 22.3. The third-order valence-electron chi connectivity index (χ3n) is 3.70. The number of aromatic nitrogens is 2. The Morgan fingerprint density at radius 2 is 2.00 bits per heavy atom.